The number of anilines is 1. The van der Waals surface area contributed by atoms with Crippen molar-refractivity contribution in [3.05, 3.63) is 59.7 Å². The minimum absolute atomic E-state index is 0.123. The van der Waals surface area contributed by atoms with E-state index in [0.29, 0.717) is 37.9 Å². The summed E-state index contributed by atoms with van der Waals surface area (Å²) in [5.74, 6) is -2.49. The van der Waals surface area contributed by atoms with E-state index in [0.717, 1.165) is 12.1 Å². The van der Waals surface area contributed by atoms with Gasteiger partial charge >= 0.3 is 0 Å². The van der Waals surface area contributed by atoms with E-state index in [1.165, 1.54) is 28.6 Å². The summed E-state index contributed by atoms with van der Waals surface area (Å²) >= 11 is 0. The molecule has 1 fully saturated rings. The van der Waals surface area contributed by atoms with Crippen LogP contribution in [0, 0.1) is 11.6 Å². The Bertz CT molecular complexity index is 941. The number of carbonyl (C=O) groups is 1. The molecule has 6 nitrogen and oxygen atoms in total. The molecule has 0 radical (unpaired) electrons. The van der Waals surface area contributed by atoms with Crippen molar-refractivity contribution >= 4 is 21.6 Å². The lowest BCUT2D eigenvalue weighted by molar-refractivity contribution is 0.102. The van der Waals surface area contributed by atoms with Gasteiger partial charge < -0.3 is 10.2 Å². The van der Waals surface area contributed by atoms with E-state index in [-0.39, 0.29) is 10.5 Å². The van der Waals surface area contributed by atoms with E-state index >= 15 is 0 Å². The molecule has 3 rings (SSSR count). The molecular formula is C18H19F2N3O3S. The predicted octanol–water partition coefficient (Wildman–Crippen LogP) is 2.15. The lowest BCUT2D eigenvalue weighted by Gasteiger charge is -2.31. The fourth-order valence-electron chi connectivity index (χ4n) is 2.76. The van der Waals surface area contributed by atoms with Gasteiger partial charge in [-0.3, -0.25) is 4.79 Å². The van der Waals surface area contributed by atoms with Crippen LogP contribution in [0.1, 0.15) is 10.4 Å². The van der Waals surface area contributed by atoms with Crippen LogP contribution < -0.4 is 5.32 Å². The first kappa shape index (κ1) is 19.4. The van der Waals surface area contributed by atoms with Gasteiger partial charge in [0, 0.05) is 37.9 Å². The van der Waals surface area contributed by atoms with E-state index in [1.54, 1.807) is 0 Å². The molecule has 0 bridgehead atoms. The van der Waals surface area contributed by atoms with Crippen LogP contribution in [0.25, 0.3) is 0 Å². The molecule has 0 spiro atoms. The van der Waals surface area contributed by atoms with Crippen LogP contribution in [-0.2, 0) is 10.0 Å². The number of halogens is 2. The number of sulfonamides is 1. The first-order valence-corrected chi connectivity index (χ1v) is 9.76. The Kier molecular flexibility index (Phi) is 5.54. The van der Waals surface area contributed by atoms with E-state index < -0.39 is 27.6 Å². The zero-order chi connectivity index (χ0) is 19.6. The Morgan fingerprint density at radius 1 is 1.00 bits per heavy atom. The van der Waals surface area contributed by atoms with Crippen molar-refractivity contribution in [3.63, 3.8) is 0 Å². The van der Waals surface area contributed by atoms with Crippen LogP contribution in [0.3, 0.4) is 0 Å². The van der Waals surface area contributed by atoms with Crippen LogP contribution in [0.5, 0.6) is 0 Å². The lowest BCUT2D eigenvalue weighted by atomic mass is 10.2. The molecule has 0 aliphatic carbocycles. The Labute approximate surface area is 156 Å². The second-order valence-corrected chi connectivity index (χ2v) is 8.25. The quantitative estimate of drug-likeness (QED) is 0.861. The van der Waals surface area contributed by atoms with Gasteiger partial charge in [-0.15, -0.1) is 0 Å². The van der Waals surface area contributed by atoms with Crippen LogP contribution >= 0.6 is 0 Å². The predicted molar refractivity (Wildman–Crippen MR) is 97.0 cm³/mol. The van der Waals surface area contributed by atoms with E-state index in [2.05, 4.69) is 10.2 Å². The summed E-state index contributed by atoms with van der Waals surface area (Å²) in [5.41, 5.74) is 0.00610. The van der Waals surface area contributed by atoms with Gasteiger partial charge in [-0.2, -0.15) is 4.31 Å². The number of likely N-dealkylation sites (N-methyl/N-ethyl adjacent to an activating group) is 1. The van der Waals surface area contributed by atoms with Gasteiger partial charge in [-0.25, -0.2) is 17.2 Å². The zero-order valence-corrected chi connectivity index (χ0v) is 15.5. The molecule has 0 saturated carbocycles. The molecule has 144 valence electrons. The third-order valence-electron chi connectivity index (χ3n) is 4.39. The number of nitrogens with zero attached hydrogens (tertiary/aromatic N) is 2. The van der Waals surface area contributed by atoms with Gasteiger partial charge in [0.15, 0.2) is 0 Å². The molecule has 1 N–H and O–H groups in total. The van der Waals surface area contributed by atoms with Gasteiger partial charge in [-0.1, -0.05) is 0 Å². The number of carbonyl (C=O) groups excluding carboxylic acids is 1. The second-order valence-electron chi connectivity index (χ2n) is 6.31. The highest BCUT2D eigenvalue weighted by Crippen LogP contribution is 2.20. The van der Waals surface area contributed by atoms with Crippen molar-refractivity contribution in [1.29, 1.82) is 0 Å². The van der Waals surface area contributed by atoms with Crippen LogP contribution in [0.2, 0.25) is 0 Å². The highest BCUT2D eigenvalue weighted by atomic mass is 32.2. The largest absolute Gasteiger partial charge is 0.322 e. The summed E-state index contributed by atoms with van der Waals surface area (Å²) in [6, 6.07) is 8.32. The van der Waals surface area contributed by atoms with Crippen molar-refractivity contribution in [1.82, 2.24) is 9.21 Å². The summed E-state index contributed by atoms with van der Waals surface area (Å²) in [7, 11) is -1.67. The summed E-state index contributed by atoms with van der Waals surface area (Å²) < 4.78 is 53.3. The molecule has 2 aromatic rings. The smallest absolute Gasteiger partial charge is 0.258 e. The average molecular weight is 395 g/mol. The van der Waals surface area contributed by atoms with Crippen molar-refractivity contribution < 1.29 is 22.0 Å². The third-order valence-corrected chi connectivity index (χ3v) is 6.30. The number of benzene rings is 2. The minimum Gasteiger partial charge on any atom is -0.322 e. The van der Waals surface area contributed by atoms with E-state index in [9.17, 15) is 22.0 Å². The van der Waals surface area contributed by atoms with Crippen LogP contribution in [0.4, 0.5) is 14.5 Å². The highest BCUT2D eigenvalue weighted by Gasteiger charge is 2.27. The normalized spacial score (nSPS) is 16.3. The number of hydrogen-bond acceptors (Lipinski definition) is 4. The van der Waals surface area contributed by atoms with Crippen molar-refractivity contribution in [2.75, 3.05) is 38.5 Å². The Morgan fingerprint density at radius 2 is 1.63 bits per heavy atom. The number of nitrogens with one attached hydrogen (secondary N) is 1. The van der Waals surface area contributed by atoms with Crippen molar-refractivity contribution in [2.45, 2.75) is 4.90 Å². The monoisotopic (exact) mass is 395 g/mol. The van der Waals surface area contributed by atoms with Gasteiger partial charge in [0.2, 0.25) is 10.0 Å². The molecule has 0 unspecified atom stereocenters. The summed E-state index contributed by atoms with van der Waals surface area (Å²) in [6.45, 7) is 2.16. The molecule has 1 aliphatic rings. The SMILES string of the molecule is CN1CCN(S(=O)(=O)c2ccc(NC(=O)c3ccc(F)cc3F)cc2)CC1. The molecule has 1 aliphatic heterocycles. The molecule has 0 aromatic heterocycles. The first-order chi connectivity index (χ1) is 12.8. The van der Waals surface area contributed by atoms with E-state index in [1.807, 2.05) is 7.05 Å². The van der Waals surface area contributed by atoms with Crippen molar-refractivity contribution in [2.24, 2.45) is 0 Å². The van der Waals surface area contributed by atoms with Gasteiger partial charge in [0.25, 0.3) is 5.91 Å². The summed E-state index contributed by atoms with van der Waals surface area (Å²) in [4.78, 5) is 14.3. The van der Waals surface area contributed by atoms with Crippen LogP contribution in [-0.4, -0.2) is 56.8 Å². The summed E-state index contributed by atoms with van der Waals surface area (Å²) in [5, 5.41) is 2.47. The standard InChI is InChI=1S/C18H19F2N3O3S/c1-22-8-10-23(11-9-22)27(25,26)15-5-3-14(4-6-15)21-18(24)16-7-2-13(19)12-17(16)20/h2-7,12H,8-11H2,1H3,(H,21,24). The number of amides is 1. The maximum absolute atomic E-state index is 13.7. The second kappa shape index (κ2) is 7.71. The molecule has 27 heavy (non-hydrogen) atoms. The molecule has 9 heteroatoms. The Hall–Kier alpha value is -2.36. The number of piperazine rings is 1. The van der Waals surface area contributed by atoms with Gasteiger partial charge in [-0.05, 0) is 43.4 Å². The maximum Gasteiger partial charge on any atom is 0.258 e. The fourth-order valence-corrected chi connectivity index (χ4v) is 4.18. The third kappa shape index (κ3) is 4.32. The lowest BCUT2D eigenvalue weighted by Crippen LogP contribution is -2.46. The van der Waals surface area contributed by atoms with Crippen molar-refractivity contribution in [3.8, 4) is 0 Å². The Balaban J connectivity index is 1.72. The van der Waals surface area contributed by atoms with E-state index in [4.69, 9.17) is 0 Å². The molecule has 1 amide bonds. The highest BCUT2D eigenvalue weighted by molar-refractivity contribution is 7.89. The van der Waals surface area contributed by atoms with Crippen LogP contribution in [0.15, 0.2) is 47.4 Å². The fraction of sp³-hybridized carbons (Fsp3) is 0.278. The average Bonchev–Trinajstić information content (AvgIpc) is 2.62. The molecule has 2 aromatic carbocycles. The molecule has 1 saturated heterocycles. The zero-order valence-electron chi connectivity index (χ0n) is 14.7. The summed E-state index contributed by atoms with van der Waals surface area (Å²) in [6.07, 6.45) is 0. The minimum atomic E-state index is -3.60. The molecular weight excluding hydrogens is 376 g/mol. The van der Waals surface area contributed by atoms with Gasteiger partial charge in [0.05, 0.1) is 10.5 Å². The maximum atomic E-state index is 13.7. The first-order valence-electron chi connectivity index (χ1n) is 8.32. The Morgan fingerprint density at radius 3 is 2.22 bits per heavy atom. The molecule has 1 heterocycles. The molecule has 0 atom stereocenters. The number of rotatable bonds is 4. The topological polar surface area (TPSA) is 69.7 Å². The van der Waals surface area contributed by atoms with Gasteiger partial charge in [0.1, 0.15) is 11.6 Å². The number of hydrogen-bond donors (Lipinski definition) is 1.